The van der Waals surface area contributed by atoms with Crippen molar-refractivity contribution in [2.45, 2.75) is 38.4 Å². The average molecular weight is 249 g/mol. The molecule has 0 radical (unpaired) electrons. The maximum atomic E-state index is 9.51. The number of methoxy groups -OCH3 is 1. The van der Waals surface area contributed by atoms with Gasteiger partial charge in [-0.05, 0) is 44.4 Å². The maximum Gasteiger partial charge on any atom is 0.0825 e. The van der Waals surface area contributed by atoms with E-state index in [-0.39, 0.29) is 5.60 Å². The van der Waals surface area contributed by atoms with Crippen LogP contribution in [-0.4, -0.2) is 30.9 Å². The van der Waals surface area contributed by atoms with E-state index in [0.717, 1.165) is 31.5 Å². The highest BCUT2D eigenvalue weighted by Crippen LogP contribution is 2.28. The lowest BCUT2D eigenvalue weighted by Gasteiger charge is -2.40. The van der Waals surface area contributed by atoms with Crippen molar-refractivity contribution in [3.05, 3.63) is 29.8 Å². The first-order valence-corrected chi connectivity index (χ1v) is 6.62. The summed E-state index contributed by atoms with van der Waals surface area (Å²) in [5, 5.41) is 9.51. The Morgan fingerprint density at radius 3 is 2.56 bits per heavy atom. The van der Waals surface area contributed by atoms with E-state index in [2.05, 4.69) is 24.0 Å². The summed E-state index contributed by atoms with van der Waals surface area (Å²) >= 11 is 0. The first-order valence-electron chi connectivity index (χ1n) is 6.62. The minimum Gasteiger partial charge on any atom is -0.389 e. The Morgan fingerprint density at radius 2 is 2.00 bits per heavy atom. The van der Waals surface area contributed by atoms with Gasteiger partial charge in [-0.1, -0.05) is 12.1 Å². The van der Waals surface area contributed by atoms with E-state index in [1.54, 1.807) is 14.0 Å². The number of ether oxygens (including phenoxy) is 1. The molecule has 1 unspecified atom stereocenters. The minimum absolute atomic E-state index is 0.0405. The van der Waals surface area contributed by atoms with Crippen molar-refractivity contribution >= 4 is 5.69 Å². The lowest BCUT2D eigenvalue weighted by Crippen LogP contribution is -2.47. The van der Waals surface area contributed by atoms with Gasteiger partial charge in [-0.2, -0.15) is 0 Å². The van der Waals surface area contributed by atoms with Gasteiger partial charge in [-0.15, -0.1) is 0 Å². The lowest BCUT2D eigenvalue weighted by atomic mass is 9.94. The largest absolute Gasteiger partial charge is 0.389 e. The third-order valence-electron chi connectivity index (χ3n) is 3.89. The fourth-order valence-corrected chi connectivity index (χ4v) is 2.56. The number of benzene rings is 1. The summed E-state index contributed by atoms with van der Waals surface area (Å²) in [6, 6.07) is 8.17. The van der Waals surface area contributed by atoms with Crippen LogP contribution < -0.4 is 4.90 Å². The number of aliphatic hydroxyl groups is 1. The second-order valence-corrected chi connectivity index (χ2v) is 5.45. The standard InChI is InChI=1S/C15H23NO2/c1-12(17)13-5-7-14(8-6-13)16-10-4-9-15(2,11-16)18-3/h5-8,12,17H,4,9-11H2,1-3H3/t12-,15?/m0/s1. The molecule has 0 bridgehead atoms. The molecule has 0 spiro atoms. The molecule has 100 valence electrons. The monoisotopic (exact) mass is 249 g/mol. The molecule has 1 N–H and O–H groups in total. The Bertz CT molecular complexity index is 388. The molecule has 0 amide bonds. The molecule has 1 saturated heterocycles. The molecule has 1 heterocycles. The third-order valence-corrected chi connectivity index (χ3v) is 3.89. The SMILES string of the molecule is COC1(C)CCCN(c2ccc([C@H](C)O)cc2)C1. The Balaban J connectivity index is 2.11. The van der Waals surface area contributed by atoms with Gasteiger partial charge in [0.25, 0.3) is 0 Å². The summed E-state index contributed by atoms with van der Waals surface area (Å²) < 4.78 is 5.61. The first kappa shape index (κ1) is 13.4. The van der Waals surface area contributed by atoms with Crippen LogP contribution in [-0.2, 0) is 4.74 Å². The van der Waals surface area contributed by atoms with Crippen molar-refractivity contribution in [3.63, 3.8) is 0 Å². The Labute approximate surface area is 109 Å². The van der Waals surface area contributed by atoms with Gasteiger partial charge in [0.15, 0.2) is 0 Å². The van der Waals surface area contributed by atoms with Crippen LogP contribution in [0.2, 0.25) is 0 Å². The van der Waals surface area contributed by atoms with E-state index in [4.69, 9.17) is 4.74 Å². The fourth-order valence-electron chi connectivity index (χ4n) is 2.56. The fraction of sp³-hybridized carbons (Fsp3) is 0.600. The smallest absolute Gasteiger partial charge is 0.0825 e. The molecule has 1 aromatic rings. The summed E-state index contributed by atoms with van der Waals surface area (Å²) in [6.07, 6.45) is 1.87. The normalized spacial score (nSPS) is 26.1. The van der Waals surface area contributed by atoms with Crippen LogP contribution in [0.15, 0.2) is 24.3 Å². The number of anilines is 1. The molecule has 1 fully saturated rings. The van der Waals surface area contributed by atoms with Crippen molar-refractivity contribution in [2.75, 3.05) is 25.1 Å². The molecule has 2 atom stereocenters. The summed E-state index contributed by atoms with van der Waals surface area (Å²) in [6.45, 7) is 5.96. The molecule has 2 rings (SSSR count). The highest BCUT2D eigenvalue weighted by Gasteiger charge is 2.30. The number of hydrogen-bond donors (Lipinski definition) is 1. The molecule has 3 heteroatoms. The molecule has 0 aliphatic carbocycles. The minimum atomic E-state index is -0.398. The van der Waals surface area contributed by atoms with E-state index >= 15 is 0 Å². The summed E-state index contributed by atoms with van der Waals surface area (Å²) in [5.74, 6) is 0. The number of nitrogens with zero attached hydrogens (tertiary/aromatic N) is 1. The summed E-state index contributed by atoms with van der Waals surface area (Å²) in [4.78, 5) is 2.36. The van der Waals surface area contributed by atoms with Crippen LogP contribution in [0.5, 0.6) is 0 Å². The van der Waals surface area contributed by atoms with Gasteiger partial charge < -0.3 is 14.7 Å². The number of aliphatic hydroxyl groups excluding tert-OH is 1. The van der Waals surface area contributed by atoms with E-state index in [1.807, 2.05) is 12.1 Å². The zero-order valence-corrected chi connectivity index (χ0v) is 11.5. The second kappa shape index (κ2) is 5.29. The van der Waals surface area contributed by atoms with Gasteiger partial charge >= 0.3 is 0 Å². The van der Waals surface area contributed by atoms with Crippen LogP contribution in [0.4, 0.5) is 5.69 Å². The zero-order chi connectivity index (χ0) is 13.2. The molecular weight excluding hydrogens is 226 g/mol. The average Bonchev–Trinajstić information content (AvgIpc) is 2.39. The Kier molecular flexibility index (Phi) is 3.93. The van der Waals surface area contributed by atoms with Gasteiger partial charge in [-0.25, -0.2) is 0 Å². The van der Waals surface area contributed by atoms with E-state index in [0.29, 0.717) is 0 Å². The zero-order valence-electron chi connectivity index (χ0n) is 11.5. The maximum absolute atomic E-state index is 9.51. The van der Waals surface area contributed by atoms with Gasteiger partial charge in [-0.3, -0.25) is 0 Å². The molecule has 0 aromatic heterocycles. The number of hydrogen-bond acceptors (Lipinski definition) is 3. The van der Waals surface area contributed by atoms with E-state index < -0.39 is 6.10 Å². The number of piperidine rings is 1. The van der Waals surface area contributed by atoms with Crippen molar-refractivity contribution < 1.29 is 9.84 Å². The van der Waals surface area contributed by atoms with Crippen LogP contribution in [0.1, 0.15) is 38.4 Å². The molecule has 1 aliphatic rings. The van der Waals surface area contributed by atoms with Gasteiger partial charge in [0.05, 0.1) is 11.7 Å². The van der Waals surface area contributed by atoms with Crippen molar-refractivity contribution in [2.24, 2.45) is 0 Å². The van der Waals surface area contributed by atoms with Crippen LogP contribution in [0.25, 0.3) is 0 Å². The Hall–Kier alpha value is -1.06. The quantitative estimate of drug-likeness (QED) is 0.894. The molecule has 3 nitrogen and oxygen atoms in total. The molecule has 18 heavy (non-hydrogen) atoms. The predicted molar refractivity (Wildman–Crippen MR) is 73.9 cm³/mol. The summed E-state index contributed by atoms with van der Waals surface area (Å²) in [7, 11) is 1.79. The van der Waals surface area contributed by atoms with Crippen molar-refractivity contribution in [1.82, 2.24) is 0 Å². The highest BCUT2D eigenvalue weighted by molar-refractivity contribution is 5.48. The number of rotatable bonds is 3. The molecular formula is C15H23NO2. The van der Waals surface area contributed by atoms with Gasteiger partial charge in [0.1, 0.15) is 0 Å². The summed E-state index contributed by atoms with van der Waals surface area (Å²) in [5.41, 5.74) is 2.13. The predicted octanol–water partition coefficient (Wildman–Crippen LogP) is 2.75. The van der Waals surface area contributed by atoms with Gasteiger partial charge in [0.2, 0.25) is 0 Å². The highest BCUT2D eigenvalue weighted by atomic mass is 16.5. The Morgan fingerprint density at radius 1 is 1.33 bits per heavy atom. The van der Waals surface area contributed by atoms with Crippen LogP contribution >= 0.6 is 0 Å². The van der Waals surface area contributed by atoms with Crippen LogP contribution in [0.3, 0.4) is 0 Å². The lowest BCUT2D eigenvalue weighted by molar-refractivity contribution is -0.00465. The van der Waals surface area contributed by atoms with E-state index in [1.165, 1.54) is 5.69 Å². The van der Waals surface area contributed by atoms with Crippen LogP contribution in [0, 0.1) is 0 Å². The molecule has 0 saturated carbocycles. The second-order valence-electron chi connectivity index (χ2n) is 5.45. The first-order chi connectivity index (χ1) is 8.54. The third kappa shape index (κ3) is 2.85. The van der Waals surface area contributed by atoms with Crippen molar-refractivity contribution in [3.8, 4) is 0 Å². The topological polar surface area (TPSA) is 32.7 Å². The van der Waals surface area contributed by atoms with Crippen molar-refractivity contribution in [1.29, 1.82) is 0 Å². The molecule has 1 aromatic carbocycles. The molecule has 1 aliphatic heterocycles. The van der Waals surface area contributed by atoms with Gasteiger partial charge in [0, 0.05) is 25.9 Å². The van der Waals surface area contributed by atoms with E-state index in [9.17, 15) is 5.11 Å².